The molecule has 0 aliphatic heterocycles. The van der Waals surface area contributed by atoms with Crippen LogP contribution in [0.1, 0.15) is 22.8 Å². The molecular weight excluding hydrogens is 374 g/mol. The monoisotopic (exact) mass is 399 g/mol. The first-order valence-corrected chi connectivity index (χ1v) is 9.12. The summed E-state index contributed by atoms with van der Waals surface area (Å²) in [6.45, 7) is 3.17. The summed E-state index contributed by atoms with van der Waals surface area (Å²) in [5.74, 6) is -2.24. The summed E-state index contributed by atoms with van der Waals surface area (Å²) >= 11 is 0. The molecular formula is C21H25N3O5. The molecule has 2 aromatic rings. The predicted molar refractivity (Wildman–Crippen MR) is 107 cm³/mol. The largest absolute Gasteiger partial charge is 0.377 e. The Morgan fingerprint density at radius 1 is 1.00 bits per heavy atom. The Bertz CT molecular complexity index is 834. The first-order chi connectivity index (χ1) is 13.9. The number of rotatable bonds is 8. The van der Waals surface area contributed by atoms with Crippen LogP contribution in [0.2, 0.25) is 0 Å². The zero-order valence-electron chi connectivity index (χ0n) is 16.6. The lowest BCUT2D eigenvalue weighted by molar-refractivity contribution is -0.140. The van der Waals surface area contributed by atoms with Crippen molar-refractivity contribution in [2.45, 2.75) is 19.6 Å². The molecule has 3 N–H and O–H groups in total. The summed E-state index contributed by atoms with van der Waals surface area (Å²) < 4.78 is 5.38. The van der Waals surface area contributed by atoms with Crippen LogP contribution in [0, 0.1) is 0 Å². The topological polar surface area (TPSA) is 108 Å². The van der Waals surface area contributed by atoms with E-state index < -0.39 is 23.8 Å². The fourth-order valence-electron chi connectivity index (χ4n) is 2.81. The second kappa shape index (κ2) is 10.4. The van der Waals surface area contributed by atoms with Crippen molar-refractivity contribution in [1.29, 1.82) is 0 Å². The Kier molecular flexibility index (Phi) is 7.88. The third kappa shape index (κ3) is 5.40. The molecule has 29 heavy (non-hydrogen) atoms. The third-order valence-corrected chi connectivity index (χ3v) is 4.45. The number of likely N-dealkylation sites (N-methyl/N-ethyl adjacent to an activating group) is 2. The number of ether oxygens (including phenoxy) is 1. The Morgan fingerprint density at radius 3 is 2.03 bits per heavy atom. The van der Waals surface area contributed by atoms with E-state index in [0.29, 0.717) is 18.8 Å². The van der Waals surface area contributed by atoms with Gasteiger partial charge < -0.3 is 15.0 Å². The number of nitrogens with one attached hydrogen (secondary N) is 2. The van der Waals surface area contributed by atoms with Crippen molar-refractivity contribution in [2.75, 3.05) is 20.7 Å². The molecule has 0 aromatic heterocycles. The lowest BCUT2D eigenvalue weighted by atomic mass is 10.0. The van der Waals surface area contributed by atoms with Gasteiger partial charge in [-0.1, -0.05) is 36.4 Å². The van der Waals surface area contributed by atoms with Crippen molar-refractivity contribution in [3.05, 3.63) is 59.7 Å². The van der Waals surface area contributed by atoms with Crippen LogP contribution in [-0.2, 0) is 20.9 Å². The number of carbonyl (C=O) groups excluding carboxylic acids is 3. The number of hydrogen-bond donors (Lipinski definition) is 3. The second-order valence-corrected chi connectivity index (χ2v) is 6.32. The number of hydroxylamine groups is 1. The minimum absolute atomic E-state index is 0.309. The zero-order chi connectivity index (χ0) is 21.4. The molecule has 1 atom stereocenters. The van der Waals surface area contributed by atoms with Gasteiger partial charge in [0.15, 0.2) is 6.04 Å². The third-order valence-electron chi connectivity index (χ3n) is 4.45. The van der Waals surface area contributed by atoms with E-state index in [9.17, 15) is 14.4 Å². The summed E-state index contributed by atoms with van der Waals surface area (Å²) in [5.41, 5.74) is 4.70. The molecule has 2 rings (SSSR count). The highest BCUT2D eigenvalue weighted by molar-refractivity contribution is 6.08. The van der Waals surface area contributed by atoms with E-state index in [-0.39, 0.29) is 0 Å². The molecule has 0 spiro atoms. The van der Waals surface area contributed by atoms with Crippen molar-refractivity contribution in [3.8, 4) is 11.1 Å². The van der Waals surface area contributed by atoms with E-state index in [1.54, 1.807) is 24.3 Å². The molecule has 8 nitrogen and oxygen atoms in total. The van der Waals surface area contributed by atoms with Gasteiger partial charge in [0.25, 0.3) is 17.7 Å². The van der Waals surface area contributed by atoms with E-state index in [2.05, 4.69) is 5.32 Å². The Labute approximate surface area is 169 Å². The molecule has 1 unspecified atom stereocenters. The van der Waals surface area contributed by atoms with Gasteiger partial charge in [-0.2, -0.15) is 0 Å². The number of nitrogens with zero attached hydrogens (tertiary/aromatic N) is 1. The number of hydrogen-bond acceptors (Lipinski definition) is 5. The fraction of sp³-hybridized carbons (Fsp3) is 0.286. The minimum atomic E-state index is -1.49. The fourth-order valence-corrected chi connectivity index (χ4v) is 2.81. The van der Waals surface area contributed by atoms with Crippen LogP contribution >= 0.6 is 0 Å². The average molecular weight is 399 g/mol. The number of amides is 3. The Morgan fingerprint density at radius 2 is 1.55 bits per heavy atom. The minimum Gasteiger partial charge on any atom is -0.377 e. The van der Waals surface area contributed by atoms with E-state index in [1.165, 1.54) is 19.6 Å². The SMILES string of the molecule is CCOCc1ccc(-c2ccc(C(=O)N(C)C(C(=O)NC)C(=O)NO)cc2)cc1. The molecule has 0 radical (unpaired) electrons. The van der Waals surface area contributed by atoms with Gasteiger partial charge in [-0.15, -0.1) is 0 Å². The van der Waals surface area contributed by atoms with Crippen molar-refractivity contribution < 1.29 is 24.3 Å². The molecule has 0 aliphatic rings. The normalized spacial score (nSPS) is 11.4. The summed E-state index contributed by atoms with van der Waals surface area (Å²) in [6.07, 6.45) is 0. The Hall–Kier alpha value is -3.23. The van der Waals surface area contributed by atoms with Crippen LogP contribution in [0.15, 0.2) is 48.5 Å². The van der Waals surface area contributed by atoms with Crippen LogP contribution in [0.5, 0.6) is 0 Å². The molecule has 0 saturated carbocycles. The first-order valence-electron chi connectivity index (χ1n) is 9.12. The van der Waals surface area contributed by atoms with Gasteiger partial charge in [-0.25, -0.2) is 5.48 Å². The van der Waals surface area contributed by atoms with E-state index in [1.807, 2.05) is 31.2 Å². The van der Waals surface area contributed by atoms with Crippen LogP contribution in [0.3, 0.4) is 0 Å². The maximum atomic E-state index is 12.7. The number of carbonyl (C=O) groups is 3. The summed E-state index contributed by atoms with van der Waals surface area (Å²) in [5, 5.41) is 11.2. The molecule has 0 heterocycles. The molecule has 0 aliphatic carbocycles. The molecule has 0 bridgehead atoms. The van der Waals surface area contributed by atoms with Crippen molar-refractivity contribution >= 4 is 17.7 Å². The van der Waals surface area contributed by atoms with E-state index in [4.69, 9.17) is 9.94 Å². The van der Waals surface area contributed by atoms with Crippen LogP contribution in [0.4, 0.5) is 0 Å². The van der Waals surface area contributed by atoms with E-state index in [0.717, 1.165) is 21.6 Å². The van der Waals surface area contributed by atoms with Gasteiger partial charge in [-0.05, 0) is 35.7 Å². The first kappa shape index (κ1) is 22.1. The van der Waals surface area contributed by atoms with Gasteiger partial charge >= 0.3 is 0 Å². The lowest BCUT2D eigenvalue weighted by Gasteiger charge is -2.25. The van der Waals surface area contributed by atoms with Gasteiger partial charge in [0.1, 0.15) is 0 Å². The summed E-state index contributed by atoms with van der Waals surface area (Å²) in [6, 6.07) is 13.3. The van der Waals surface area contributed by atoms with Crippen LogP contribution in [-0.4, -0.2) is 54.6 Å². The van der Waals surface area contributed by atoms with Gasteiger partial charge in [0.05, 0.1) is 6.61 Å². The van der Waals surface area contributed by atoms with E-state index >= 15 is 0 Å². The smallest absolute Gasteiger partial charge is 0.275 e. The van der Waals surface area contributed by atoms with Crippen LogP contribution < -0.4 is 10.8 Å². The standard InChI is InChI=1S/C21H25N3O5/c1-4-29-13-14-5-7-15(8-6-14)16-9-11-17(12-10-16)21(27)24(3)18(19(25)22-2)20(26)23-28/h5-12,18,28H,4,13H2,1-3H3,(H,22,25)(H,23,26). The highest BCUT2D eigenvalue weighted by atomic mass is 16.5. The summed E-state index contributed by atoms with van der Waals surface area (Å²) in [7, 11) is 2.66. The maximum Gasteiger partial charge on any atom is 0.275 e. The van der Waals surface area contributed by atoms with Gasteiger partial charge in [0, 0.05) is 26.3 Å². The van der Waals surface area contributed by atoms with Crippen molar-refractivity contribution in [3.63, 3.8) is 0 Å². The highest BCUT2D eigenvalue weighted by Gasteiger charge is 2.33. The Balaban J connectivity index is 2.17. The van der Waals surface area contributed by atoms with Crippen molar-refractivity contribution in [2.24, 2.45) is 0 Å². The maximum absolute atomic E-state index is 12.7. The number of benzene rings is 2. The zero-order valence-corrected chi connectivity index (χ0v) is 16.6. The lowest BCUT2D eigenvalue weighted by Crippen LogP contribution is -2.54. The molecule has 3 amide bonds. The second-order valence-electron chi connectivity index (χ2n) is 6.32. The van der Waals surface area contributed by atoms with Crippen LogP contribution in [0.25, 0.3) is 11.1 Å². The average Bonchev–Trinajstić information content (AvgIpc) is 2.77. The highest BCUT2D eigenvalue weighted by Crippen LogP contribution is 2.21. The van der Waals surface area contributed by atoms with Gasteiger partial charge in [0.2, 0.25) is 0 Å². The van der Waals surface area contributed by atoms with Gasteiger partial charge in [-0.3, -0.25) is 19.6 Å². The molecule has 0 saturated heterocycles. The quantitative estimate of drug-likeness (QED) is 0.355. The molecule has 0 fully saturated rings. The molecule has 8 heteroatoms. The predicted octanol–water partition coefficient (Wildman–Crippen LogP) is 1.58. The van der Waals surface area contributed by atoms with Crippen molar-refractivity contribution in [1.82, 2.24) is 15.7 Å². The molecule has 154 valence electrons. The molecule has 2 aromatic carbocycles. The summed E-state index contributed by atoms with van der Waals surface area (Å²) in [4.78, 5) is 37.4.